The molecule has 4 aliphatic rings. The lowest BCUT2D eigenvalue weighted by atomic mass is 9.43. The van der Waals surface area contributed by atoms with Crippen LogP contribution in [0.4, 0.5) is 0 Å². The fourth-order valence-corrected chi connectivity index (χ4v) is 6.21. The van der Waals surface area contributed by atoms with Gasteiger partial charge in [0.1, 0.15) is 5.78 Å². The van der Waals surface area contributed by atoms with E-state index in [0.717, 1.165) is 24.7 Å². The summed E-state index contributed by atoms with van der Waals surface area (Å²) < 4.78 is 0. The van der Waals surface area contributed by atoms with Crippen LogP contribution in [0.2, 0.25) is 0 Å². The number of hydrogen-bond acceptors (Lipinski definition) is 1. The van der Waals surface area contributed by atoms with E-state index in [2.05, 4.69) is 31.2 Å². The largest absolute Gasteiger partial charge is 0.299 e. The monoisotopic (exact) mass is 282 g/mol. The van der Waals surface area contributed by atoms with Gasteiger partial charge in [0.2, 0.25) is 0 Å². The molecule has 4 fully saturated rings. The molecule has 2 unspecified atom stereocenters. The third-order valence-corrected chi connectivity index (χ3v) is 6.43. The predicted octanol–water partition coefficient (Wildman–Crippen LogP) is 4.79. The molecule has 0 amide bonds. The summed E-state index contributed by atoms with van der Waals surface area (Å²) in [7, 11) is 0. The fraction of sp³-hybridized carbons (Fsp3) is 0.650. The van der Waals surface area contributed by atoms with E-state index in [1.165, 1.54) is 44.1 Å². The van der Waals surface area contributed by atoms with Crippen LogP contribution in [-0.4, -0.2) is 5.78 Å². The van der Waals surface area contributed by atoms with Gasteiger partial charge in [-0.3, -0.25) is 4.79 Å². The minimum atomic E-state index is 0.0631. The molecule has 4 saturated carbocycles. The maximum Gasteiger partial charge on any atom is 0.139 e. The molecular weight excluding hydrogens is 256 g/mol. The van der Waals surface area contributed by atoms with Gasteiger partial charge in [-0.05, 0) is 67.8 Å². The van der Waals surface area contributed by atoms with Gasteiger partial charge in [0, 0.05) is 11.8 Å². The molecular formula is C20H26O. The van der Waals surface area contributed by atoms with Crippen molar-refractivity contribution in [2.75, 3.05) is 0 Å². The SMILES string of the molecule is CC12CC3CC(C1)CC(C(=O)CCc1ccccc1)(C3)C2. The van der Waals surface area contributed by atoms with Crippen molar-refractivity contribution in [2.45, 2.75) is 58.3 Å². The van der Waals surface area contributed by atoms with Crippen molar-refractivity contribution >= 4 is 5.78 Å². The lowest BCUT2D eigenvalue weighted by molar-refractivity contribution is -0.153. The van der Waals surface area contributed by atoms with Gasteiger partial charge in [0.05, 0.1) is 0 Å². The third kappa shape index (κ3) is 2.35. The molecule has 1 heteroatoms. The van der Waals surface area contributed by atoms with Gasteiger partial charge in [-0.1, -0.05) is 37.3 Å². The Balaban J connectivity index is 1.49. The standard InChI is InChI=1S/C20H26O/c1-19-10-16-9-17(11-19)13-20(12-16,14-19)18(21)8-7-15-5-3-2-4-6-15/h2-6,16-17H,7-14H2,1H3. The van der Waals surface area contributed by atoms with Crippen LogP contribution in [0.5, 0.6) is 0 Å². The number of carbonyl (C=O) groups is 1. The Bertz CT molecular complexity index is 530. The maximum absolute atomic E-state index is 13.0. The van der Waals surface area contributed by atoms with Crippen LogP contribution in [0.15, 0.2) is 30.3 Å². The van der Waals surface area contributed by atoms with Crippen molar-refractivity contribution in [1.82, 2.24) is 0 Å². The molecule has 0 aromatic heterocycles. The molecule has 0 spiro atoms. The number of aryl methyl sites for hydroxylation is 1. The molecule has 1 aromatic carbocycles. The van der Waals surface area contributed by atoms with Gasteiger partial charge in [-0.2, -0.15) is 0 Å². The van der Waals surface area contributed by atoms with Gasteiger partial charge < -0.3 is 0 Å². The van der Waals surface area contributed by atoms with Gasteiger partial charge in [0.15, 0.2) is 0 Å². The summed E-state index contributed by atoms with van der Waals surface area (Å²) in [6.45, 7) is 2.45. The molecule has 1 aromatic rings. The quantitative estimate of drug-likeness (QED) is 0.775. The lowest BCUT2D eigenvalue weighted by Crippen LogP contribution is -2.54. The number of rotatable bonds is 4. The molecule has 5 rings (SSSR count). The average Bonchev–Trinajstić information content (AvgIpc) is 2.43. The second kappa shape index (κ2) is 4.69. The Morgan fingerprint density at radius 3 is 2.38 bits per heavy atom. The summed E-state index contributed by atoms with van der Waals surface area (Å²) >= 11 is 0. The van der Waals surface area contributed by atoms with Crippen LogP contribution >= 0.6 is 0 Å². The first-order valence-electron chi connectivity index (χ1n) is 8.64. The molecule has 2 atom stereocenters. The van der Waals surface area contributed by atoms with Crippen molar-refractivity contribution in [3.63, 3.8) is 0 Å². The first kappa shape index (κ1) is 13.5. The van der Waals surface area contributed by atoms with Crippen LogP contribution < -0.4 is 0 Å². The van der Waals surface area contributed by atoms with Crippen molar-refractivity contribution < 1.29 is 4.79 Å². The van der Waals surface area contributed by atoms with Gasteiger partial charge >= 0.3 is 0 Å². The fourth-order valence-electron chi connectivity index (χ4n) is 6.21. The first-order chi connectivity index (χ1) is 10.1. The van der Waals surface area contributed by atoms with E-state index in [4.69, 9.17) is 0 Å². The first-order valence-corrected chi connectivity index (χ1v) is 8.64. The van der Waals surface area contributed by atoms with Crippen LogP contribution in [0.3, 0.4) is 0 Å². The van der Waals surface area contributed by atoms with E-state index in [9.17, 15) is 4.79 Å². The Kier molecular flexibility index (Phi) is 3.03. The van der Waals surface area contributed by atoms with E-state index in [1.54, 1.807) is 0 Å². The minimum absolute atomic E-state index is 0.0631. The summed E-state index contributed by atoms with van der Waals surface area (Å²) in [6, 6.07) is 10.5. The molecule has 0 radical (unpaired) electrons. The second-order valence-corrected chi connectivity index (χ2v) is 8.46. The third-order valence-electron chi connectivity index (χ3n) is 6.43. The van der Waals surface area contributed by atoms with E-state index in [0.29, 0.717) is 11.2 Å². The number of Topliss-reactive ketones (excluding diaryl/α,β-unsaturated/α-hetero) is 1. The highest BCUT2D eigenvalue weighted by Gasteiger charge is 2.58. The average molecular weight is 282 g/mol. The van der Waals surface area contributed by atoms with Gasteiger partial charge in [-0.25, -0.2) is 0 Å². The molecule has 0 aliphatic heterocycles. The Morgan fingerprint density at radius 2 is 1.76 bits per heavy atom. The van der Waals surface area contributed by atoms with Crippen molar-refractivity contribution in [3.8, 4) is 0 Å². The normalized spacial score (nSPS) is 40.4. The van der Waals surface area contributed by atoms with Crippen LogP contribution in [0.25, 0.3) is 0 Å². The Labute approximate surface area is 128 Å². The molecule has 21 heavy (non-hydrogen) atoms. The molecule has 0 heterocycles. The molecule has 4 aliphatic carbocycles. The summed E-state index contributed by atoms with van der Waals surface area (Å²) in [6.07, 6.45) is 9.44. The zero-order valence-corrected chi connectivity index (χ0v) is 13.1. The molecule has 0 saturated heterocycles. The summed E-state index contributed by atoms with van der Waals surface area (Å²) in [5.74, 6) is 2.26. The summed E-state index contributed by atoms with van der Waals surface area (Å²) in [5, 5.41) is 0. The van der Waals surface area contributed by atoms with E-state index >= 15 is 0 Å². The number of ketones is 1. The summed E-state index contributed by atoms with van der Waals surface area (Å²) in [4.78, 5) is 13.0. The topological polar surface area (TPSA) is 17.1 Å². The van der Waals surface area contributed by atoms with Crippen LogP contribution in [-0.2, 0) is 11.2 Å². The zero-order chi connectivity index (χ0) is 14.5. The minimum Gasteiger partial charge on any atom is -0.299 e. The number of benzene rings is 1. The van der Waals surface area contributed by atoms with Crippen molar-refractivity contribution in [2.24, 2.45) is 22.7 Å². The van der Waals surface area contributed by atoms with E-state index in [-0.39, 0.29) is 5.41 Å². The van der Waals surface area contributed by atoms with Crippen molar-refractivity contribution in [3.05, 3.63) is 35.9 Å². The molecule has 4 bridgehead atoms. The van der Waals surface area contributed by atoms with Crippen molar-refractivity contribution in [1.29, 1.82) is 0 Å². The van der Waals surface area contributed by atoms with E-state index in [1.807, 2.05) is 6.07 Å². The summed E-state index contributed by atoms with van der Waals surface area (Å²) in [5.41, 5.74) is 1.85. The maximum atomic E-state index is 13.0. The number of hydrogen-bond donors (Lipinski definition) is 0. The highest BCUT2D eigenvalue weighted by Crippen LogP contribution is 2.65. The van der Waals surface area contributed by atoms with Crippen LogP contribution in [0.1, 0.15) is 57.4 Å². The highest BCUT2D eigenvalue weighted by molar-refractivity contribution is 5.85. The predicted molar refractivity (Wildman–Crippen MR) is 85.0 cm³/mol. The molecule has 0 N–H and O–H groups in total. The van der Waals surface area contributed by atoms with Gasteiger partial charge in [0.25, 0.3) is 0 Å². The lowest BCUT2D eigenvalue weighted by Gasteiger charge is -2.60. The number of carbonyl (C=O) groups excluding carboxylic acids is 1. The molecule has 112 valence electrons. The molecule has 1 nitrogen and oxygen atoms in total. The Morgan fingerprint density at radius 1 is 1.10 bits per heavy atom. The van der Waals surface area contributed by atoms with Gasteiger partial charge in [-0.15, -0.1) is 0 Å². The Hall–Kier alpha value is -1.11. The zero-order valence-electron chi connectivity index (χ0n) is 13.1. The highest BCUT2D eigenvalue weighted by atomic mass is 16.1. The van der Waals surface area contributed by atoms with Crippen LogP contribution in [0, 0.1) is 22.7 Å². The second-order valence-electron chi connectivity index (χ2n) is 8.46. The van der Waals surface area contributed by atoms with E-state index < -0.39 is 0 Å². The smallest absolute Gasteiger partial charge is 0.139 e.